The molecule has 0 spiro atoms. The number of piperidine rings is 1. The molecule has 1 aromatic rings. The lowest BCUT2D eigenvalue weighted by Gasteiger charge is -2.22. The fourth-order valence-electron chi connectivity index (χ4n) is 2.38. The van der Waals surface area contributed by atoms with Crippen LogP contribution >= 0.6 is 0 Å². The van der Waals surface area contributed by atoms with Crippen LogP contribution in [0.15, 0.2) is 30.3 Å². The molecule has 1 aliphatic rings. The summed E-state index contributed by atoms with van der Waals surface area (Å²) in [5.41, 5.74) is 1.30. The predicted octanol–water partition coefficient (Wildman–Crippen LogP) is 2.35. The van der Waals surface area contributed by atoms with Crippen molar-refractivity contribution in [1.82, 2.24) is 5.32 Å². The van der Waals surface area contributed by atoms with Crippen LogP contribution in [0.1, 0.15) is 31.2 Å². The predicted molar refractivity (Wildman–Crippen MR) is 76.2 cm³/mol. The van der Waals surface area contributed by atoms with Gasteiger partial charge in [-0.3, -0.25) is 4.79 Å². The second kappa shape index (κ2) is 8.08. The van der Waals surface area contributed by atoms with E-state index in [4.69, 9.17) is 4.74 Å². The largest absolute Gasteiger partial charge is 0.370 e. The number of carbonyl (C=O) groups is 1. The summed E-state index contributed by atoms with van der Waals surface area (Å²) in [7, 11) is 0. The summed E-state index contributed by atoms with van der Waals surface area (Å²) in [6.45, 7) is 2.30. The monoisotopic (exact) mass is 261 g/mol. The fraction of sp³-hybridized carbons (Fsp3) is 0.562. The minimum absolute atomic E-state index is 0.231. The van der Waals surface area contributed by atoms with Crippen LogP contribution < -0.4 is 5.32 Å². The molecule has 1 saturated heterocycles. The third-order valence-electron chi connectivity index (χ3n) is 3.53. The van der Waals surface area contributed by atoms with Crippen LogP contribution in [0, 0.1) is 0 Å². The van der Waals surface area contributed by atoms with Crippen molar-refractivity contribution in [3.8, 4) is 0 Å². The first kappa shape index (κ1) is 14.2. The van der Waals surface area contributed by atoms with Crippen LogP contribution in [0.3, 0.4) is 0 Å². The van der Waals surface area contributed by atoms with Crippen LogP contribution in [-0.2, 0) is 16.0 Å². The number of nitrogens with one attached hydrogen (secondary N) is 1. The van der Waals surface area contributed by atoms with Crippen LogP contribution in [0.5, 0.6) is 0 Å². The van der Waals surface area contributed by atoms with Gasteiger partial charge in [-0.25, -0.2) is 0 Å². The second-order valence-electron chi connectivity index (χ2n) is 5.14. The van der Waals surface area contributed by atoms with Crippen LogP contribution in [0.2, 0.25) is 0 Å². The van der Waals surface area contributed by atoms with E-state index in [0.717, 1.165) is 38.8 Å². The van der Waals surface area contributed by atoms with E-state index in [1.165, 1.54) is 5.56 Å². The quantitative estimate of drug-likeness (QED) is 0.819. The van der Waals surface area contributed by atoms with E-state index in [9.17, 15) is 4.79 Å². The first-order valence-electron chi connectivity index (χ1n) is 7.22. The van der Waals surface area contributed by atoms with Crippen molar-refractivity contribution in [2.24, 2.45) is 0 Å². The normalized spacial score (nSPS) is 16.4. The molecule has 104 valence electrons. The lowest BCUT2D eigenvalue weighted by atomic mass is 10.1. The zero-order valence-electron chi connectivity index (χ0n) is 11.4. The molecular formula is C16H23NO2. The van der Waals surface area contributed by atoms with Gasteiger partial charge >= 0.3 is 0 Å². The molecule has 3 heteroatoms. The number of hydrogen-bond donors (Lipinski definition) is 1. The molecule has 1 heterocycles. The topological polar surface area (TPSA) is 38.3 Å². The van der Waals surface area contributed by atoms with E-state index in [-0.39, 0.29) is 11.9 Å². The van der Waals surface area contributed by atoms with E-state index < -0.39 is 0 Å². The maximum absolute atomic E-state index is 11.7. The Bertz CT molecular complexity index is 372. The molecule has 0 atom stereocenters. The lowest BCUT2D eigenvalue weighted by Crippen LogP contribution is -2.33. The number of carbonyl (C=O) groups excluding carboxylic acids is 1. The third kappa shape index (κ3) is 5.53. The number of hydrogen-bond acceptors (Lipinski definition) is 3. The molecule has 0 unspecified atom stereocenters. The van der Waals surface area contributed by atoms with Crippen LogP contribution in [-0.4, -0.2) is 31.6 Å². The Kier molecular flexibility index (Phi) is 6.05. The van der Waals surface area contributed by atoms with Gasteiger partial charge in [0.2, 0.25) is 0 Å². The van der Waals surface area contributed by atoms with Gasteiger partial charge < -0.3 is 10.1 Å². The Labute approximate surface area is 115 Å². The molecule has 1 fully saturated rings. The molecule has 0 radical (unpaired) electrons. The van der Waals surface area contributed by atoms with Crippen molar-refractivity contribution >= 4 is 5.78 Å². The van der Waals surface area contributed by atoms with E-state index >= 15 is 0 Å². The molecule has 3 nitrogen and oxygen atoms in total. The Balaban J connectivity index is 1.57. The molecule has 2 rings (SSSR count). The number of ether oxygens (including phenoxy) is 1. The number of rotatable bonds is 7. The maximum Gasteiger partial charge on any atom is 0.158 e. The van der Waals surface area contributed by atoms with Gasteiger partial charge in [-0.2, -0.15) is 0 Å². The molecule has 0 saturated carbocycles. The standard InChI is InChI=1S/C16H23NO2/c18-15(13-19-16-9-11-17-12-10-16)8-4-7-14-5-2-1-3-6-14/h1-3,5-6,16-17H,4,7-13H2. The summed E-state index contributed by atoms with van der Waals surface area (Å²) < 4.78 is 5.66. The number of Topliss-reactive ketones (excluding diaryl/α,β-unsaturated/α-hetero) is 1. The van der Waals surface area contributed by atoms with Crippen LogP contribution in [0.25, 0.3) is 0 Å². The Morgan fingerprint density at radius 2 is 1.95 bits per heavy atom. The van der Waals surface area contributed by atoms with Gasteiger partial charge in [0.15, 0.2) is 5.78 Å². The first-order valence-corrected chi connectivity index (χ1v) is 7.22. The lowest BCUT2D eigenvalue weighted by molar-refractivity contribution is -0.126. The number of aryl methyl sites for hydroxylation is 1. The van der Waals surface area contributed by atoms with Crippen molar-refractivity contribution < 1.29 is 9.53 Å². The Morgan fingerprint density at radius 3 is 2.68 bits per heavy atom. The van der Waals surface area contributed by atoms with Crippen molar-refractivity contribution in [3.05, 3.63) is 35.9 Å². The second-order valence-corrected chi connectivity index (χ2v) is 5.14. The van der Waals surface area contributed by atoms with Gasteiger partial charge in [0.1, 0.15) is 6.61 Å². The van der Waals surface area contributed by atoms with Gasteiger partial charge in [-0.05, 0) is 44.3 Å². The van der Waals surface area contributed by atoms with Crippen molar-refractivity contribution in [1.29, 1.82) is 0 Å². The maximum atomic E-state index is 11.7. The molecule has 1 aromatic carbocycles. The highest BCUT2D eigenvalue weighted by Crippen LogP contribution is 2.08. The number of benzene rings is 1. The minimum atomic E-state index is 0.231. The smallest absolute Gasteiger partial charge is 0.158 e. The average molecular weight is 261 g/mol. The van der Waals surface area contributed by atoms with Gasteiger partial charge in [0, 0.05) is 6.42 Å². The summed E-state index contributed by atoms with van der Waals surface area (Å²) in [6, 6.07) is 10.3. The molecular weight excluding hydrogens is 238 g/mol. The SMILES string of the molecule is O=C(CCCc1ccccc1)COC1CCNCC1. The van der Waals surface area contributed by atoms with Crippen molar-refractivity contribution in [2.45, 2.75) is 38.2 Å². The highest BCUT2D eigenvalue weighted by atomic mass is 16.5. The Morgan fingerprint density at radius 1 is 1.21 bits per heavy atom. The molecule has 19 heavy (non-hydrogen) atoms. The highest BCUT2D eigenvalue weighted by Gasteiger charge is 2.14. The third-order valence-corrected chi connectivity index (χ3v) is 3.53. The van der Waals surface area contributed by atoms with Gasteiger partial charge in [-0.1, -0.05) is 30.3 Å². The molecule has 1 N–H and O–H groups in total. The van der Waals surface area contributed by atoms with Crippen LogP contribution in [0.4, 0.5) is 0 Å². The number of ketones is 1. The zero-order chi connectivity index (χ0) is 13.3. The first-order chi connectivity index (χ1) is 9.34. The summed E-state index contributed by atoms with van der Waals surface area (Å²) in [5.74, 6) is 0.231. The Hall–Kier alpha value is -1.19. The fourth-order valence-corrected chi connectivity index (χ4v) is 2.38. The molecule has 0 aromatic heterocycles. The highest BCUT2D eigenvalue weighted by molar-refractivity contribution is 5.79. The van der Waals surface area contributed by atoms with E-state index in [2.05, 4.69) is 17.4 Å². The molecule has 0 bridgehead atoms. The molecule has 0 amide bonds. The molecule has 1 aliphatic heterocycles. The summed E-state index contributed by atoms with van der Waals surface area (Å²) in [4.78, 5) is 11.7. The van der Waals surface area contributed by atoms with E-state index in [0.29, 0.717) is 13.0 Å². The minimum Gasteiger partial charge on any atom is -0.370 e. The van der Waals surface area contributed by atoms with Crippen molar-refractivity contribution in [2.75, 3.05) is 19.7 Å². The van der Waals surface area contributed by atoms with E-state index in [1.807, 2.05) is 18.2 Å². The summed E-state index contributed by atoms with van der Waals surface area (Å²) in [6.07, 6.45) is 4.84. The molecule has 0 aliphatic carbocycles. The van der Waals surface area contributed by atoms with E-state index in [1.54, 1.807) is 0 Å². The summed E-state index contributed by atoms with van der Waals surface area (Å²) >= 11 is 0. The summed E-state index contributed by atoms with van der Waals surface area (Å²) in [5, 5.41) is 3.29. The van der Waals surface area contributed by atoms with Gasteiger partial charge in [-0.15, -0.1) is 0 Å². The van der Waals surface area contributed by atoms with Gasteiger partial charge in [0.25, 0.3) is 0 Å². The average Bonchev–Trinajstić information content (AvgIpc) is 2.47. The van der Waals surface area contributed by atoms with Gasteiger partial charge in [0.05, 0.1) is 6.10 Å². The van der Waals surface area contributed by atoms with Crippen molar-refractivity contribution in [3.63, 3.8) is 0 Å². The zero-order valence-corrected chi connectivity index (χ0v) is 11.4.